The number of benzene rings is 1. The highest BCUT2D eigenvalue weighted by Gasteiger charge is 2.31. The Balaban J connectivity index is 2.28. The van der Waals surface area contributed by atoms with Crippen molar-refractivity contribution in [3.63, 3.8) is 0 Å². The van der Waals surface area contributed by atoms with Crippen molar-refractivity contribution in [2.24, 2.45) is 0 Å². The highest BCUT2D eigenvalue weighted by Crippen LogP contribution is 2.34. The third kappa shape index (κ3) is 2.84. The predicted molar refractivity (Wildman–Crippen MR) is 84.5 cm³/mol. The van der Waals surface area contributed by atoms with Gasteiger partial charge < -0.3 is 5.11 Å². The smallest absolute Gasteiger partial charge is 0.416 e. The lowest BCUT2D eigenvalue weighted by atomic mass is 10.0. The predicted octanol–water partition coefficient (Wildman–Crippen LogP) is 3.98. The maximum absolute atomic E-state index is 13.0. The zero-order valence-electron chi connectivity index (χ0n) is 13.4. The van der Waals surface area contributed by atoms with Crippen LogP contribution in [0.25, 0.3) is 16.8 Å². The third-order valence-electron chi connectivity index (χ3n) is 3.96. The van der Waals surface area contributed by atoms with Crippen LogP contribution in [0.3, 0.4) is 0 Å². The summed E-state index contributed by atoms with van der Waals surface area (Å²) in [7, 11) is 0. The number of aromatic nitrogens is 3. The molecular weight excluding hydrogens is 335 g/mol. The Kier molecular flexibility index (Phi) is 3.98. The number of aromatic carboxylic acids is 1. The Morgan fingerprint density at radius 3 is 2.64 bits per heavy atom. The van der Waals surface area contributed by atoms with E-state index >= 15 is 0 Å². The fourth-order valence-electron chi connectivity index (χ4n) is 2.84. The molecule has 8 heteroatoms. The number of carboxylic acids is 1. The highest BCUT2D eigenvalue weighted by atomic mass is 19.4. The zero-order chi connectivity index (χ0) is 18.4. The van der Waals surface area contributed by atoms with Gasteiger partial charge in [0, 0.05) is 11.8 Å². The SMILES string of the molecule is CCc1c(C(=O)O)cnc2c(-c3cccc(C(F)(F)F)c3)c(C)nn12. The molecule has 3 rings (SSSR count). The van der Waals surface area contributed by atoms with E-state index in [1.807, 2.05) is 0 Å². The van der Waals surface area contributed by atoms with Gasteiger partial charge in [0.2, 0.25) is 0 Å². The molecule has 1 aromatic carbocycles. The van der Waals surface area contributed by atoms with Crippen molar-refractivity contribution in [1.82, 2.24) is 14.6 Å². The molecular formula is C17H14F3N3O2. The van der Waals surface area contributed by atoms with Crippen LogP contribution in [-0.2, 0) is 12.6 Å². The van der Waals surface area contributed by atoms with Crippen molar-refractivity contribution in [3.05, 3.63) is 53.0 Å². The Labute approximate surface area is 140 Å². The molecule has 5 nitrogen and oxygen atoms in total. The van der Waals surface area contributed by atoms with Crippen LogP contribution in [0.4, 0.5) is 13.2 Å². The van der Waals surface area contributed by atoms with Crippen molar-refractivity contribution >= 4 is 11.6 Å². The standard InChI is InChI=1S/C17H14F3N3O2/c1-3-13-12(16(24)25)8-21-15-14(9(2)22-23(13)15)10-5-4-6-11(7-10)17(18,19)20/h4-8H,3H2,1-2H3,(H,24,25). The van der Waals surface area contributed by atoms with Crippen LogP contribution in [0.15, 0.2) is 30.5 Å². The largest absolute Gasteiger partial charge is 0.478 e. The van der Waals surface area contributed by atoms with Crippen LogP contribution in [0, 0.1) is 6.92 Å². The maximum Gasteiger partial charge on any atom is 0.416 e. The molecule has 0 aliphatic carbocycles. The van der Waals surface area contributed by atoms with Crippen LogP contribution in [0.5, 0.6) is 0 Å². The number of carboxylic acid groups (broad SMARTS) is 1. The molecule has 130 valence electrons. The van der Waals surface area contributed by atoms with Crippen LogP contribution >= 0.6 is 0 Å². The number of rotatable bonds is 3. The zero-order valence-corrected chi connectivity index (χ0v) is 13.4. The number of alkyl halides is 3. The summed E-state index contributed by atoms with van der Waals surface area (Å²) in [6.45, 7) is 3.44. The first-order valence-electron chi connectivity index (χ1n) is 7.52. The van der Waals surface area contributed by atoms with E-state index < -0.39 is 17.7 Å². The first-order valence-corrected chi connectivity index (χ1v) is 7.52. The summed E-state index contributed by atoms with van der Waals surface area (Å²) in [6.07, 6.45) is -2.84. The highest BCUT2D eigenvalue weighted by molar-refractivity contribution is 5.90. The summed E-state index contributed by atoms with van der Waals surface area (Å²) in [6, 6.07) is 4.92. The van der Waals surface area contributed by atoms with E-state index in [2.05, 4.69) is 10.1 Å². The third-order valence-corrected chi connectivity index (χ3v) is 3.96. The quantitative estimate of drug-likeness (QED) is 0.776. The van der Waals surface area contributed by atoms with Gasteiger partial charge in [0.1, 0.15) is 0 Å². The van der Waals surface area contributed by atoms with Crippen LogP contribution in [-0.4, -0.2) is 25.7 Å². The number of nitrogens with zero attached hydrogens (tertiary/aromatic N) is 3. The Bertz CT molecular complexity index is 977. The summed E-state index contributed by atoms with van der Waals surface area (Å²) in [5, 5.41) is 13.6. The lowest BCUT2D eigenvalue weighted by Crippen LogP contribution is -2.09. The van der Waals surface area contributed by atoms with Crippen molar-refractivity contribution in [3.8, 4) is 11.1 Å². The van der Waals surface area contributed by atoms with E-state index in [1.54, 1.807) is 19.9 Å². The molecule has 0 unspecified atom stereocenters. The number of halogens is 3. The van der Waals surface area contributed by atoms with Gasteiger partial charge in [-0.05, 0) is 31.0 Å². The molecule has 0 saturated heterocycles. The van der Waals surface area contributed by atoms with E-state index in [4.69, 9.17) is 0 Å². The van der Waals surface area contributed by atoms with Crippen molar-refractivity contribution in [1.29, 1.82) is 0 Å². The number of carbonyl (C=O) groups is 1. The van der Waals surface area contributed by atoms with Crippen molar-refractivity contribution in [2.45, 2.75) is 26.4 Å². The number of hydrogen-bond acceptors (Lipinski definition) is 3. The van der Waals surface area contributed by atoms with E-state index in [-0.39, 0.29) is 5.56 Å². The molecule has 0 aliphatic rings. The van der Waals surface area contributed by atoms with Gasteiger partial charge in [0.05, 0.1) is 22.5 Å². The first-order chi connectivity index (χ1) is 11.7. The maximum atomic E-state index is 13.0. The number of aryl methyl sites for hydroxylation is 2. The monoisotopic (exact) mass is 349 g/mol. The molecule has 25 heavy (non-hydrogen) atoms. The van der Waals surface area contributed by atoms with Gasteiger partial charge in [-0.25, -0.2) is 14.3 Å². The molecule has 3 aromatic rings. The first kappa shape index (κ1) is 16.9. The second-order valence-corrected chi connectivity index (χ2v) is 5.55. The normalized spacial score (nSPS) is 11.9. The molecule has 0 spiro atoms. The van der Waals surface area contributed by atoms with Gasteiger partial charge in [-0.2, -0.15) is 18.3 Å². The molecule has 1 N–H and O–H groups in total. The Hall–Kier alpha value is -2.90. The lowest BCUT2D eigenvalue weighted by Gasteiger charge is -2.09. The van der Waals surface area contributed by atoms with Crippen LogP contribution < -0.4 is 0 Å². The fraction of sp³-hybridized carbons (Fsp3) is 0.235. The van der Waals surface area contributed by atoms with E-state index in [0.29, 0.717) is 34.6 Å². The molecule has 0 aliphatic heterocycles. The minimum absolute atomic E-state index is 0.0214. The molecule has 0 bridgehead atoms. The van der Waals surface area contributed by atoms with Crippen LogP contribution in [0.2, 0.25) is 0 Å². The molecule has 0 radical (unpaired) electrons. The molecule has 2 aromatic heterocycles. The number of hydrogen-bond donors (Lipinski definition) is 1. The van der Waals surface area contributed by atoms with E-state index in [0.717, 1.165) is 12.1 Å². The van der Waals surface area contributed by atoms with Gasteiger partial charge in [-0.3, -0.25) is 0 Å². The summed E-state index contributed by atoms with van der Waals surface area (Å²) < 4.78 is 40.3. The van der Waals surface area contributed by atoms with Gasteiger partial charge in [-0.15, -0.1) is 0 Å². The second-order valence-electron chi connectivity index (χ2n) is 5.55. The van der Waals surface area contributed by atoms with Gasteiger partial charge in [0.15, 0.2) is 5.65 Å². The fourth-order valence-corrected chi connectivity index (χ4v) is 2.84. The van der Waals surface area contributed by atoms with Crippen molar-refractivity contribution < 1.29 is 23.1 Å². The van der Waals surface area contributed by atoms with Crippen molar-refractivity contribution in [2.75, 3.05) is 0 Å². The summed E-state index contributed by atoms with van der Waals surface area (Å²) in [4.78, 5) is 15.5. The summed E-state index contributed by atoms with van der Waals surface area (Å²) >= 11 is 0. The van der Waals surface area contributed by atoms with E-state index in [1.165, 1.54) is 16.8 Å². The molecule has 0 saturated carbocycles. The van der Waals surface area contributed by atoms with E-state index in [9.17, 15) is 23.1 Å². The minimum Gasteiger partial charge on any atom is -0.478 e. The lowest BCUT2D eigenvalue weighted by molar-refractivity contribution is -0.137. The summed E-state index contributed by atoms with van der Waals surface area (Å²) in [5.41, 5.74) is 1.30. The average molecular weight is 349 g/mol. The Morgan fingerprint density at radius 2 is 2.04 bits per heavy atom. The Morgan fingerprint density at radius 1 is 1.32 bits per heavy atom. The second kappa shape index (κ2) is 5.87. The summed E-state index contributed by atoms with van der Waals surface area (Å²) in [5.74, 6) is -1.12. The van der Waals surface area contributed by atoms with Gasteiger partial charge in [-0.1, -0.05) is 19.1 Å². The van der Waals surface area contributed by atoms with Gasteiger partial charge in [0.25, 0.3) is 0 Å². The van der Waals surface area contributed by atoms with Crippen LogP contribution in [0.1, 0.15) is 34.2 Å². The number of fused-ring (bicyclic) bond motifs is 1. The van der Waals surface area contributed by atoms with Gasteiger partial charge >= 0.3 is 12.1 Å². The topological polar surface area (TPSA) is 67.5 Å². The minimum atomic E-state index is -4.45. The molecule has 2 heterocycles. The molecule has 0 fully saturated rings. The molecule has 0 atom stereocenters. The average Bonchev–Trinajstić information content (AvgIpc) is 2.88. The molecule has 0 amide bonds.